The molecule has 0 radical (unpaired) electrons. The van der Waals surface area contributed by atoms with E-state index >= 15 is 0 Å². The van der Waals surface area contributed by atoms with E-state index in [4.69, 9.17) is 9.84 Å². The smallest absolute Gasteiger partial charge is 0.320 e. The van der Waals surface area contributed by atoms with Crippen molar-refractivity contribution < 1.29 is 19.4 Å². The van der Waals surface area contributed by atoms with Crippen molar-refractivity contribution in [2.24, 2.45) is 0 Å². The number of nitrogens with zero attached hydrogens (tertiary/aromatic N) is 1. The number of amides is 1. The summed E-state index contributed by atoms with van der Waals surface area (Å²) >= 11 is 0. The summed E-state index contributed by atoms with van der Waals surface area (Å²) < 4.78 is 5.56. The molecule has 3 atom stereocenters. The van der Waals surface area contributed by atoms with E-state index in [0.717, 1.165) is 6.42 Å². The highest BCUT2D eigenvalue weighted by Gasteiger charge is 2.26. The highest BCUT2D eigenvalue weighted by Crippen LogP contribution is 2.10. The molecule has 6 nitrogen and oxygen atoms in total. The van der Waals surface area contributed by atoms with Crippen LogP contribution in [0.25, 0.3) is 0 Å². The van der Waals surface area contributed by atoms with Gasteiger partial charge in [-0.3, -0.25) is 14.9 Å². The van der Waals surface area contributed by atoms with Gasteiger partial charge in [0.2, 0.25) is 5.91 Å². The Bertz CT molecular complexity index is 312. The van der Waals surface area contributed by atoms with Crippen LogP contribution in [0.15, 0.2) is 0 Å². The third-order valence-corrected chi connectivity index (χ3v) is 3.15. The van der Waals surface area contributed by atoms with Crippen LogP contribution < -0.4 is 5.32 Å². The molecule has 0 bridgehead atoms. The highest BCUT2D eigenvalue weighted by atomic mass is 16.5. The van der Waals surface area contributed by atoms with Gasteiger partial charge >= 0.3 is 5.97 Å². The number of rotatable bonds is 6. The summed E-state index contributed by atoms with van der Waals surface area (Å²) in [6.07, 6.45) is 1.35. The number of morpholine rings is 1. The summed E-state index contributed by atoms with van der Waals surface area (Å²) in [6.45, 7) is 6.98. The third-order valence-electron chi connectivity index (χ3n) is 3.15. The maximum Gasteiger partial charge on any atom is 0.320 e. The van der Waals surface area contributed by atoms with Crippen molar-refractivity contribution >= 4 is 11.9 Å². The van der Waals surface area contributed by atoms with Crippen molar-refractivity contribution in [3.63, 3.8) is 0 Å². The second kappa shape index (κ2) is 7.45. The first-order valence-corrected chi connectivity index (χ1v) is 6.83. The zero-order chi connectivity index (χ0) is 14.4. The molecule has 0 aromatic rings. The van der Waals surface area contributed by atoms with Crippen molar-refractivity contribution in [1.82, 2.24) is 10.2 Å². The van der Waals surface area contributed by atoms with Gasteiger partial charge in [-0.25, -0.2) is 0 Å². The lowest BCUT2D eigenvalue weighted by molar-refractivity contribution is -0.143. The van der Waals surface area contributed by atoms with E-state index in [1.54, 1.807) is 4.90 Å². The van der Waals surface area contributed by atoms with Crippen LogP contribution in [0.5, 0.6) is 0 Å². The summed E-state index contributed by atoms with van der Waals surface area (Å²) in [4.78, 5) is 24.7. The molecule has 1 aliphatic heterocycles. The minimum absolute atomic E-state index is 0.0265. The van der Waals surface area contributed by atoms with E-state index in [-0.39, 0.29) is 24.7 Å². The number of aliphatic carboxylic acids is 1. The van der Waals surface area contributed by atoms with E-state index < -0.39 is 12.0 Å². The van der Waals surface area contributed by atoms with Gasteiger partial charge in [-0.05, 0) is 20.3 Å². The molecule has 0 aliphatic carbocycles. The molecule has 2 N–H and O–H groups in total. The summed E-state index contributed by atoms with van der Waals surface area (Å²) in [6, 6.07) is -0.648. The third kappa shape index (κ3) is 5.16. The van der Waals surface area contributed by atoms with Crippen molar-refractivity contribution in [3.8, 4) is 0 Å². The lowest BCUT2D eigenvalue weighted by Gasteiger charge is -2.35. The zero-order valence-electron chi connectivity index (χ0n) is 11.9. The van der Waals surface area contributed by atoms with Gasteiger partial charge in [0.1, 0.15) is 6.04 Å². The maximum absolute atomic E-state index is 12.0. The van der Waals surface area contributed by atoms with E-state index in [9.17, 15) is 9.59 Å². The highest BCUT2D eigenvalue weighted by molar-refractivity contribution is 5.80. The Morgan fingerprint density at radius 1 is 1.37 bits per heavy atom. The van der Waals surface area contributed by atoms with Crippen LogP contribution in [0.1, 0.15) is 33.6 Å². The first-order chi connectivity index (χ1) is 8.93. The Kier molecular flexibility index (Phi) is 6.24. The number of hydrogen-bond donors (Lipinski definition) is 2. The molecule has 1 heterocycles. The molecular weight excluding hydrogens is 248 g/mol. The normalized spacial score (nSPS) is 25.1. The second-order valence-electron chi connectivity index (χ2n) is 5.12. The van der Waals surface area contributed by atoms with E-state index in [1.807, 2.05) is 20.8 Å². The van der Waals surface area contributed by atoms with Crippen LogP contribution in [0.2, 0.25) is 0 Å². The van der Waals surface area contributed by atoms with Crippen LogP contribution in [0.4, 0.5) is 0 Å². The molecule has 1 fully saturated rings. The standard InChI is InChI=1S/C13H24N2O4/c1-4-5-11(13(17)18)14-6-12(16)15-7-9(2)19-10(3)8-15/h9-11,14H,4-8H2,1-3H3,(H,17,18)/t9-,10-,11+/m1/s1. The minimum atomic E-state index is -0.904. The second-order valence-corrected chi connectivity index (χ2v) is 5.12. The van der Waals surface area contributed by atoms with Gasteiger partial charge in [0.15, 0.2) is 0 Å². The Labute approximate surface area is 114 Å². The fourth-order valence-corrected chi connectivity index (χ4v) is 2.31. The summed E-state index contributed by atoms with van der Waals surface area (Å²) in [5, 5.41) is 11.8. The number of hydrogen-bond acceptors (Lipinski definition) is 4. The summed E-state index contributed by atoms with van der Waals surface area (Å²) in [5.74, 6) is -0.970. The van der Waals surface area contributed by atoms with Gasteiger partial charge in [-0.2, -0.15) is 0 Å². The molecule has 0 unspecified atom stereocenters. The molecule has 110 valence electrons. The van der Waals surface area contributed by atoms with Crippen LogP contribution in [0.3, 0.4) is 0 Å². The first kappa shape index (κ1) is 15.9. The van der Waals surface area contributed by atoms with Crippen LogP contribution >= 0.6 is 0 Å². The van der Waals surface area contributed by atoms with Gasteiger partial charge in [0.25, 0.3) is 0 Å². The molecule has 6 heteroatoms. The molecule has 0 spiro atoms. The lowest BCUT2D eigenvalue weighted by Crippen LogP contribution is -2.52. The SMILES string of the molecule is CCC[C@H](NCC(=O)N1C[C@@H](C)O[C@H](C)C1)C(=O)O. The van der Waals surface area contributed by atoms with Crippen molar-refractivity contribution in [3.05, 3.63) is 0 Å². The number of ether oxygens (including phenoxy) is 1. The Morgan fingerprint density at radius 2 is 1.95 bits per heavy atom. The quantitative estimate of drug-likeness (QED) is 0.734. The summed E-state index contributed by atoms with van der Waals surface area (Å²) in [7, 11) is 0. The molecule has 1 aliphatic rings. The largest absolute Gasteiger partial charge is 0.480 e. The Hall–Kier alpha value is -1.14. The van der Waals surface area contributed by atoms with Crippen molar-refractivity contribution in [1.29, 1.82) is 0 Å². The zero-order valence-corrected chi connectivity index (χ0v) is 11.9. The molecule has 1 amide bonds. The minimum Gasteiger partial charge on any atom is -0.480 e. The number of carbonyl (C=O) groups is 2. The number of carboxylic acid groups (broad SMARTS) is 1. The van der Waals surface area contributed by atoms with Crippen LogP contribution in [0, 0.1) is 0 Å². The molecule has 0 saturated carbocycles. The molecule has 19 heavy (non-hydrogen) atoms. The average molecular weight is 272 g/mol. The fourth-order valence-electron chi connectivity index (χ4n) is 2.31. The molecule has 0 aromatic heterocycles. The Morgan fingerprint density at radius 3 is 2.42 bits per heavy atom. The number of nitrogens with one attached hydrogen (secondary N) is 1. The fraction of sp³-hybridized carbons (Fsp3) is 0.846. The Balaban J connectivity index is 2.43. The molecule has 0 aromatic carbocycles. The van der Waals surface area contributed by atoms with Gasteiger partial charge in [-0.1, -0.05) is 13.3 Å². The maximum atomic E-state index is 12.0. The van der Waals surface area contributed by atoms with Gasteiger partial charge in [0, 0.05) is 13.1 Å². The summed E-state index contributed by atoms with van der Waals surface area (Å²) in [5.41, 5.74) is 0. The molecule has 1 rings (SSSR count). The van der Waals surface area contributed by atoms with Gasteiger partial charge in [-0.15, -0.1) is 0 Å². The van der Waals surface area contributed by atoms with Crippen molar-refractivity contribution in [2.75, 3.05) is 19.6 Å². The van der Waals surface area contributed by atoms with E-state index in [1.165, 1.54) is 0 Å². The van der Waals surface area contributed by atoms with E-state index in [0.29, 0.717) is 19.5 Å². The molecular formula is C13H24N2O4. The monoisotopic (exact) mass is 272 g/mol. The van der Waals surface area contributed by atoms with Crippen LogP contribution in [-0.4, -0.2) is 59.8 Å². The lowest BCUT2D eigenvalue weighted by atomic mass is 10.1. The van der Waals surface area contributed by atoms with E-state index in [2.05, 4.69) is 5.32 Å². The number of carboxylic acids is 1. The predicted octanol–water partition coefficient (Wildman–Crippen LogP) is 0.465. The van der Waals surface area contributed by atoms with Crippen molar-refractivity contribution in [2.45, 2.75) is 51.9 Å². The first-order valence-electron chi connectivity index (χ1n) is 6.83. The topological polar surface area (TPSA) is 78.9 Å². The number of carbonyl (C=O) groups excluding carboxylic acids is 1. The van der Waals surface area contributed by atoms with Gasteiger partial charge < -0.3 is 14.7 Å². The predicted molar refractivity (Wildman–Crippen MR) is 70.9 cm³/mol. The average Bonchev–Trinajstić information content (AvgIpc) is 2.32. The van der Waals surface area contributed by atoms with Gasteiger partial charge in [0.05, 0.1) is 18.8 Å². The van der Waals surface area contributed by atoms with Crippen LogP contribution in [-0.2, 0) is 14.3 Å². The molecule has 1 saturated heterocycles.